The first kappa shape index (κ1) is 20.1. The summed E-state index contributed by atoms with van der Waals surface area (Å²) >= 11 is 0. The Bertz CT molecular complexity index is 954. The van der Waals surface area contributed by atoms with Gasteiger partial charge in [-0.15, -0.1) is 0 Å². The van der Waals surface area contributed by atoms with Gasteiger partial charge in [-0.05, 0) is 68.0 Å². The van der Waals surface area contributed by atoms with Gasteiger partial charge in [0, 0.05) is 18.7 Å². The molecule has 1 heterocycles. The zero-order valence-corrected chi connectivity index (χ0v) is 17.1. The Morgan fingerprint density at radius 2 is 1.83 bits per heavy atom. The quantitative estimate of drug-likeness (QED) is 0.771. The molecule has 0 spiro atoms. The minimum atomic E-state index is -0.897. The molecule has 6 nitrogen and oxygen atoms in total. The van der Waals surface area contributed by atoms with Gasteiger partial charge in [-0.3, -0.25) is 9.59 Å². The summed E-state index contributed by atoms with van der Waals surface area (Å²) in [5, 5.41) is 3.02. The van der Waals surface area contributed by atoms with E-state index in [1.54, 1.807) is 36.1 Å². The number of hydrogen-bond donors (Lipinski definition) is 1. The van der Waals surface area contributed by atoms with Crippen LogP contribution < -0.4 is 10.2 Å². The van der Waals surface area contributed by atoms with Crippen molar-refractivity contribution in [3.8, 4) is 0 Å². The van der Waals surface area contributed by atoms with Crippen LogP contribution in [0.2, 0.25) is 0 Å². The molecule has 2 aromatic carbocycles. The van der Waals surface area contributed by atoms with Crippen LogP contribution in [0.15, 0.2) is 48.5 Å². The second-order valence-corrected chi connectivity index (χ2v) is 7.90. The summed E-state index contributed by atoms with van der Waals surface area (Å²) in [6, 6.07) is 14.8. The lowest BCUT2D eigenvalue weighted by Gasteiger charge is -2.27. The molecule has 2 unspecified atom stereocenters. The molecule has 1 N–H and O–H groups in total. The van der Waals surface area contributed by atoms with Gasteiger partial charge in [0.15, 0.2) is 6.10 Å². The fourth-order valence-electron chi connectivity index (χ4n) is 4.17. The van der Waals surface area contributed by atoms with Crippen molar-refractivity contribution in [3.63, 3.8) is 0 Å². The van der Waals surface area contributed by atoms with E-state index >= 15 is 0 Å². The first-order chi connectivity index (χ1) is 14.5. The van der Waals surface area contributed by atoms with E-state index < -0.39 is 12.1 Å². The predicted octanol–water partition coefficient (Wildman–Crippen LogP) is 3.55. The summed E-state index contributed by atoms with van der Waals surface area (Å²) in [5.74, 6) is -0.759. The van der Waals surface area contributed by atoms with Crippen molar-refractivity contribution < 1.29 is 19.1 Å². The van der Waals surface area contributed by atoms with E-state index in [1.807, 2.05) is 18.2 Å². The van der Waals surface area contributed by atoms with Crippen LogP contribution in [0.4, 0.5) is 5.69 Å². The highest BCUT2D eigenvalue weighted by molar-refractivity contribution is 5.96. The maximum Gasteiger partial charge on any atom is 0.338 e. The van der Waals surface area contributed by atoms with Crippen molar-refractivity contribution in [2.24, 2.45) is 0 Å². The van der Waals surface area contributed by atoms with Gasteiger partial charge >= 0.3 is 5.97 Å². The predicted molar refractivity (Wildman–Crippen MR) is 113 cm³/mol. The number of ether oxygens (including phenoxy) is 1. The Morgan fingerprint density at radius 1 is 1.07 bits per heavy atom. The Hall–Kier alpha value is -3.15. The molecule has 2 aromatic rings. The zero-order valence-electron chi connectivity index (χ0n) is 17.1. The largest absolute Gasteiger partial charge is 0.449 e. The minimum Gasteiger partial charge on any atom is -0.449 e. The van der Waals surface area contributed by atoms with Crippen molar-refractivity contribution >= 4 is 23.5 Å². The van der Waals surface area contributed by atoms with Crippen LogP contribution in [-0.2, 0) is 20.7 Å². The fraction of sp³-hybridized carbons (Fsp3) is 0.375. The van der Waals surface area contributed by atoms with Crippen molar-refractivity contribution in [2.75, 3.05) is 11.4 Å². The number of benzene rings is 2. The van der Waals surface area contributed by atoms with Crippen LogP contribution in [-0.4, -0.2) is 30.4 Å². The normalized spacial score (nSPS) is 19.2. The van der Waals surface area contributed by atoms with Crippen molar-refractivity contribution in [2.45, 2.75) is 51.2 Å². The van der Waals surface area contributed by atoms with Gasteiger partial charge in [0.05, 0.1) is 11.6 Å². The molecule has 1 fully saturated rings. The van der Waals surface area contributed by atoms with Crippen molar-refractivity contribution in [1.29, 1.82) is 0 Å². The minimum absolute atomic E-state index is 0.0547. The molecule has 0 radical (unpaired) electrons. The Balaban J connectivity index is 1.35. The number of carbonyl (C=O) groups excluding carboxylic acids is 3. The lowest BCUT2D eigenvalue weighted by molar-refractivity contribution is -0.130. The number of fused-ring (bicyclic) bond motifs is 1. The molecular formula is C24H26N2O4. The number of anilines is 1. The Labute approximate surface area is 176 Å². The van der Waals surface area contributed by atoms with Gasteiger partial charge in [0.25, 0.3) is 5.91 Å². The van der Waals surface area contributed by atoms with Crippen LogP contribution >= 0.6 is 0 Å². The standard InChI is InChI=1S/C24H26N2O4/c1-16(23(28)25-21-9-4-7-17-6-2-3-8-20(17)21)30-24(29)18-11-13-19(14-12-18)26-15-5-10-22(26)27/h2-3,6,8,11-14,16,21H,4-5,7,9-10,15H2,1H3,(H,25,28). The number of esters is 1. The molecule has 156 valence electrons. The van der Waals surface area contributed by atoms with Crippen LogP contribution in [0, 0.1) is 0 Å². The molecular weight excluding hydrogens is 380 g/mol. The van der Waals surface area contributed by atoms with Crippen LogP contribution in [0.5, 0.6) is 0 Å². The number of carbonyl (C=O) groups is 3. The molecule has 2 atom stereocenters. The van der Waals surface area contributed by atoms with E-state index in [9.17, 15) is 14.4 Å². The highest BCUT2D eigenvalue weighted by Gasteiger charge is 2.26. The third-order valence-corrected chi connectivity index (χ3v) is 5.83. The maximum absolute atomic E-state index is 12.6. The molecule has 0 saturated carbocycles. The molecule has 2 aliphatic rings. The van der Waals surface area contributed by atoms with E-state index in [2.05, 4.69) is 11.4 Å². The zero-order chi connectivity index (χ0) is 21.1. The Kier molecular flexibility index (Phi) is 5.84. The molecule has 1 aliphatic carbocycles. The van der Waals surface area contributed by atoms with Crippen molar-refractivity contribution in [3.05, 3.63) is 65.2 Å². The number of hydrogen-bond acceptors (Lipinski definition) is 4. The molecule has 2 amide bonds. The monoisotopic (exact) mass is 406 g/mol. The summed E-state index contributed by atoms with van der Waals surface area (Å²) < 4.78 is 5.38. The smallest absolute Gasteiger partial charge is 0.338 e. The SMILES string of the molecule is CC(OC(=O)c1ccc(N2CCCC2=O)cc1)C(=O)NC1CCCc2ccccc21. The molecule has 1 aliphatic heterocycles. The van der Waals surface area contributed by atoms with E-state index in [1.165, 1.54) is 5.56 Å². The van der Waals surface area contributed by atoms with Crippen LogP contribution in [0.25, 0.3) is 0 Å². The third-order valence-electron chi connectivity index (χ3n) is 5.83. The summed E-state index contributed by atoms with van der Waals surface area (Å²) in [6.07, 6.45) is 3.42. The fourth-order valence-corrected chi connectivity index (χ4v) is 4.17. The van der Waals surface area contributed by atoms with Gasteiger partial charge < -0.3 is 15.0 Å². The highest BCUT2D eigenvalue weighted by Crippen LogP contribution is 2.29. The third kappa shape index (κ3) is 4.22. The lowest BCUT2D eigenvalue weighted by Crippen LogP contribution is -2.39. The molecule has 30 heavy (non-hydrogen) atoms. The second kappa shape index (κ2) is 8.69. The first-order valence-corrected chi connectivity index (χ1v) is 10.5. The molecule has 1 saturated heterocycles. The van der Waals surface area contributed by atoms with E-state index in [4.69, 9.17) is 4.74 Å². The lowest BCUT2D eigenvalue weighted by atomic mass is 9.87. The van der Waals surface area contributed by atoms with E-state index in [0.717, 1.165) is 36.9 Å². The average molecular weight is 406 g/mol. The van der Waals surface area contributed by atoms with Gasteiger partial charge in [-0.2, -0.15) is 0 Å². The summed E-state index contributed by atoms with van der Waals surface area (Å²) in [6.45, 7) is 2.28. The number of rotatable bonds is 5. The van der Waals surface area contributed by atoms with Gasteiger partial charge in [0.2, 0.25) is 5.91 Å². The van der Waals surface area contributed by atoms with Gasteiger partial charge in [-0.1, -0.05) is 24.3 Å². The summed E-state index contributed by atoms with van der Waals surface area (Å²) in [7, 11) is 0. The summed E-state index contributed by atoms with van der Waals surface area (Å²) in [4.78, 5) is 38.6. The number of nitrogens with zero attached hydrogens (tertiary/aromatic N) is 1. The van der Waals surface area contributed by atoms with E-state index in [-0.39, 0.29) is 17.9 Å². The number of amides is 2. The number of aryl methyl sites for hydroxylation is 1. The topological polar surface area (TPSA) is 75.7 Å². The van der Waals surface area contributed by atoms with E-state index in [0.29, 0.717) is 18.5 Å². The Morgan fingerprint density at radius 3 is 2.57 bits per heavy atom. The van der Waals surface area contributed by atoms with Crippen molar-refractivity contribution in [1.82, 2.24) is 5.32 Å². The molecule has 0 aromatic heterocycles. The second-order valence-electron chi connectivity index (χ2n) is 7.90. The maximum atomic E-state index is 12.6. The van der Waals surface area contributed by atoms with Crippen LogP contribution in [0.3, 0.4) is 0 Å². The first-order valence-electron chi connectivity index (χ1n) is 10.5. The van der Waals surface area contributed by atoms with Gasteiger partial charge in [0.1, 0.15) is 0 Å². The van der Waals surface area contributed by atoms with Crippen LogP contribution in [0.1, 0.15) is 60.1 Å². The molecule has 4 rings (SSSR count). The van der Waals surface area contributed by atoms with Gasteiger partial charge in [-0.25, -0.2) is 4.79 Å². The molecule has 6 heteroatoms. The highest BCUT2D eigenvalue weighted by atomic mass is 16.5. The average Bonchev–Trinajstić information content (AvgIpc) is 3.20. The molecule has 0 bridgehead atoms. The number of nitrogens with one attached hydrogen (secondary N) is 1. The summed E-state index contributed by atoms with van der Waals surface area (Å²) in [5.41, 5.74) is 3.53.